The van der Waals surface area contributed by atoms with Crippen molar-refractivity contribution in [3.63, 3.8) is 0 Å². The van der Waals surface area contributed by atoms with Crippen molar-refractivity contribution in [3.05, 3.63) is 29.3 Å². The lowest BCUT2D eigenvalue weighted by atomic mass is 10.1. The van der Waals surface area contributed by atoms with Gasteiger partial charge in [0.15, 0.2) is 0 Å². The van der Waals surface area contributed by atoms with Gasteiger partial charge in [0, 0.05) is 32.8 Å². The maximum Gasteiger partial charge on any atom is 0.253 e. The summed E-state index contributed by atoms with van der Waals surface area (Å²) in [5.41, 5.74) is -0.233. The number of benzene rings is 1. The summed E-state index contributed by atoms with van der Waals surface area (Å²) in [4.78, 5) is 13.6. The van der Waals surface area contributed by atoms with Crippen LogP contribution in [0.5, 0.6) is 0 Å². The standard InChI is InChI=1S/C14H18F2N2O2/c1-17-13-11(15)6-9(7-12(13)16)14(19)18(2)8-10-4-3-5-20-10/h6-7,10,17H,3-5,8H2,1-2H3. The highest BCUT2D eigenvalue weighted by molar-refractivity contribution is 5.94. The summed E-state index contributed by atoms with van der Waals surface area (Å²) in [5, 5.41) is 2.42. The Morgan fingerprint density at radius 2 is 2.10 bits per heavy atom. The Kier molecular flexibility index (Phi) is 4.54. The first-order valence-electron chi connectivity index (χ1n) is 6.56. The van der Waals surface area contributed by atoms with Crippen molar-refractivity contribution in [2.75, 3.05) is 32.6 Å². The van der Waals surface area contributed by atoms with E-state index in [1.165, 1.54) is 11.9 Å². The molecule has 0 spiro atoms. The molecule has 1 amide bonds. The Labute approximate surface area is 116 Å². The van der Waals surface area contributed by atoms with Gasteiger partial charge < -0.3 is 15.0 Å². The van der Waals surface area contributed by atoms with Crippen LogP contribution in [0.25, 0.3) is 0 Å². The molecule has 0 bridgehead atoms. The lowest BCUT2D eigenvalue weighted by Gasteiger charge is -2.21. The average Bonchev–Trinajstić information content (AvgIpc) is 2.90. The third-order valence-electron chi connectivity index (χ3n) is 3.39. The summed E-state index contributed by atoms with van der Waals surface area (Å²) >= 11 is 0. The normalized spacial score (nSPS) is 18.1. The van der Waals surface area contributed by atoms with Gasteiger partial charge in [-0.2, -0.15) is 0 Å². The van der Waals surface area contributed by atoms with Crippen molar-refractivity contribution in [2.24, 2.45) is 0 Å². The van der Waals surface area contributed by atoms with Crippen LogP contribution in [0.1, 0.15) is 23.2 Å². The molecule has 2 rings (SSSR count). The second kappa shape index (κ2) is 6.17. The van der Waals surface area contributed by atoms with Crippen LogP contribution in [0.4, 0.5) is 14.5 Å². The Morgan fingerprint density at radius 1 is 1.45 bits per heavy atom. The zero-order valence-corrected chi connectivity index (χ0v) is 11.6. The number of amides is 1. The van der Waals surface area contributed by atoms with E-state index in [4.69, 9.17) is 4.74 Å². The van der Waals surface area contributed by atoms with E-state index in [2.05, 4.69) is 5.32 Å². The van der Waals surface area contributed by atoms with Crippen LogP contribution < -0.4 is 5.32 Å². The van der Waals surface area contributed by atoms with E-state index in [1.54, 1.807) is 7.05 Å². The molecule has 1 fully saturated rings. The molecule has 0 aliphatic carbocycles. The fourth-order valence-corrected chi connectivity index (χ4v) is 2.33. The van der Waals surface area contributed by atoms with Gasteiger partial charge >= 0.3 is 0 Å². The molecular formula is C14H18F2N2O2. The molecule has 6 heteroatoms. The highest BCUT2D eigenvalue weighted by Gasteiger charge is 2.22. The van der Waals surface area contributed by atoms with E-state index in [9.17, 15) is 13.6 Å². The highest BCUT2D eigenvalue weighted by atomic mass is 19.1. The van der Waals surface area contributed by atoms with Crippen molar-refractivity contribution >= 4 is 11.6 Å². The number of hydrogen-bond acceptors (Lipinski definition) is 3. The van der Waals surface area contributed by atoms with Crippen LogP contribution in [0.2, 0.25) is 0 Å². The number of anilines is 1. The van der Waals surface area contributed by atoms with Crippen LogP contribution in [-0.2, 0) is 4.74 Å². The number of likely N-dealkylation sites (N-methyl/N-ethyl adjacent to an activating group) is 1. The molecule has 0 aromatic heterocycles. The second-order valence-electron chi connectivity index (χ2n) is 4.89. The number of carbonyl (C=O) groups excluding carboxylic acids is 1. The molecule has 1 aromatic rings. The van der Waals surface area contributed by atoms with E-state index in [0.717, 1.165) is 25.0 Å². The van der Waals surface area contributed by atoms with Crippen LogP contribution in [-0.4, -0.2) is 44.2 Å². The third-order valence-corrected chi connectivity index (χ3v) is 3.39. The summed E-state index contributed by atoms with van der Waals surface area (Å²) in [6.07, 6.45) is 1.89. The van der Waals surface area contributed by atoms with Crippen molar-refractivity contribution in [3.8, 4) is 0 Å². The summed E-state index contributed by atoms with van der Waals surface area (Å²) in [6.45, 7) is 1.13. The van der Waals surface area contributed by atoms with Gasteiger partial charge in [0.1, 0.15) is 17.3 Å². The molecule has 20 heavy (non-hydrogen) atoms. The number of nitrogens with one attached hydrogen (secondary N) is 1. The zero-order valence-electron chi connectivity index (χ0n) is 11.6. The molecule has 0 saturated carbocycles. The minimum absolute atomic E-state index is 0.000466. The minimum atomic E-state index is -0.777. The van der Waals surface area contributed by atoms with E-state index in [1.807, 2.05) is 0 Å². The Hall–Kier alpha value is -1.69. The first-order valence-corrected chi connectivity index (χ1v) is 6.56. The van der Waals surface area contributed by atoms with Gasteiger partial charge in [-0.25, -0.2) is 8.78 Å². The monoisotopic (exact) mass is 284 g/mol. The van der Waals surface area contributed by atoms with Crippen LogP contribution >= 0.6 is 0 Å². The highest BCUT2D eigenvalue weighted by Crippen LogP contribution is 2.21. The Morgan fingerprint density at radius 3 is 2.60 bits per heavy atom. The van der Waals surface area contributed by atoms with Crippen LogP contribution in [0.15, 0.2) is 12.1 Å². The lowest BCUT2D eigenvalue weighted by molar-refractivity contribution is 0.0586. The summed E-state index contributed by atoms with van der Waals surface area (Å²) in [6, 6.07) is 2.09. The summed E-state index contributed by atoms with van der Waals surface area (Å²) in [7, 11) is 3.03. The van der Waals surface area contributed by atoms with Gasteiger partial charge in [-0.3, -0.25) is 4.79 Å². The lowest BCUT2D eigenvalue weighted by Crippen LogP contribution is -2.34. The molecule has 1 atom stereocenters. The average molecular weight is 284 g/mol. The van der Waals surface area contributed by atoms with Gasteiger partial charge in [-0.05, 0) is 25.0 Å². The van der Waals surface area contributed by atoms with Crippen LogP contribution in [0, 0.1) is 11.6 Å². The molecule has 0 radical (unpaired) electrons. The number of halogens is 2. The predicted molar refractivity (Wildman–Crippen MR) is 71.8 cm³/mol. The Balaban J connectivity index is 2.11. The van der Waals surface area contributed by atoms with E-state index in [0.29, 0.717) is 13.2 Å². The van der Waals surface area contributed by atoms with Gasteiger partial charge in [0.05, 0.1) is 6.10 Å². The van der Waals surface area contributed by atoms with Crippen molar-refractivity contribution in [1.29, 1.82) is 0 Å². The van der Waals surface area contributed by atoms with Gasteiger partial charge in [0.2, 0.25) is 0 Å². The molecule has 1 aliphatic rings. The fraction of sp³-hybridized carbons (Fsp3) is 0.500. The molecule has 1 aliphatic heterocycles. The van der Waals surface area contributed by atoms with E-state index >= 15 is 0 Å². The molecule has 110 valence electrons. The molecular weight excluding hydrogens is 266 g/mol. The topological polar surface area (TPSA) is 41.6 Å². The van der Waals surface area contributed by atoms with Crippen molar-refractivity contribution in [2.45, 2.75) is 18.9 Å². The SMILES string of the molecule is CNc1c(F)cc(C(=O)N(C)CC2CCCO2)cc1F. The number of carbonyl (C=O) groups is 1. The minimum Gasteiger partial charge on any atom is -0.383 e. The maximum atomic E-state index is 13.6. The fourth-order valence-electron chi connectivity index (χ4n) is 2.33. The Bertz CT molecular complexity index is 479. The molecule has 1 aromatic carbocycles. The zero-order chi connectivity index (χ0) is 14.7. The van der Waals surface area contributed by atoms with Crippen molar-refractivity contribution in [1.82, 2.24) is 4.90 Å². The molecule has 1 heterocycles. The molecule has 1 unspecified atom stereocenters. The van der Waals surface area contributed by atoms with Crippen molar-refractivity contribution < 1.29 is 18.3 Å². The summed E-state index contributed by atoms with van der Waals surface area (Å²) < 4.78 is 32.7. The van der Waals surface area contributed by atoms with Gasteiger partial charge in [-0.1, -0.05) is 0 Å². The first kappa shape index (κ1) is 14.7. The molecule has 4 nitrogen and oxygen atoms in total. The van der Waals surface area contributed by atoms with Crippen LogP contribution in [0.3, 0.4) is 0 Å². The quantitative estimate of drug-likeness (QED) is 0.922. The maximum absolute atomic E-state index is 13.6. The predicted octanol–water partition coefficient (Wildman–Crippen LogP) is 2.26. The number of nitrogens with zero attached hydrogens (tertiary/aromatic N) is 1. The smallest absolute Gasteiger partial charge is 0.253 e. The number of ether oxygens (including phenoxy) is 1. The third kappa shape index (κ3) is 3.07. The summed E-state index contributed by atoms with van der Waals surface area (Å²) in [5.74, 6) is -1.97. The second-order valence-corrected chi connectivity index (χ2v) is 4.89. The van der Waals surface area contributed by atoms with Gasteiger partial charge in [0.25, 0.3) is 5.91 Å². The molecule has 1 saturated heterocycles. The molecule has 1 N–H and O–H groups in total. The number of rotatable bonds is 4. The van der Waals surface area contributed by atoms with E-state index in [-0.39, 0.29) is 17.4 Å². The number of hydrogen-bond donors (Lipinski definition) is 1. The first-order chi connectivity index (χ1) is 9.52. The van der Waals surface area contributed by atoms with E-state index < -0.39 is 17.5 Å². The largest absolute Gasteiger partial charge is 0.383 e. The van der Waals surface area contributed by atoms with Gasteiger partial charge in [-0.15, -0.1) is 0 Å².